The fourth-order valence-electron chi connectivity index (χ4n) is 0.509. The Labute approximate surface area is 70.4 Å². The second kappa shape index (κ2) is 6.03. The number of rotatable bonds is 1. The molecule has 0 saturated carbocycles. The first-order valence-electron chi connectivity index (χ1n) is 3.32. The maximum absolute atomic E-state index is 10.4. The highest BCUT2D eigenvalue weighted by Crippen LogP contribution is 1.91. The van der Waals surface area contributed by atoms with Gasteiger partial charge in [0.25, 0.3) is 0 Å². The van der Waals surface area contributed by atoms with Gasteiger partial charge in [0.2, 0.25) is 5.91 Å². The molecule has 0 saturated heterocycles. The topological polar surface area (TPSA) is 73.1 Å². The summed E-state index contributed by atoms with van der Waals surface area (Å²) in [6, 6.07) is 3.29. The minimum absolute atomic E-state index is 0.442. The molecule has 0 unspecified atom stereocenters. The van der Waals surface area contributed by atoms with E-state index in [-0.39, 0.29) is 0 Å². The van der Waals surface area contributed by atoms with Crippen LogP contribution in [0.15, 0.2) is 24.5 Å². The first-order chi connectivity index (χ1) is 5.72. The van der Waals surface area contributed by atoms with E-state index in [1.807, 2.05) is 0 Å². The van der Waals surface area contributed by atoms with Crippen molar-refractivity contribution < 1.29 is 9.59 Å². The second-order valence-electron chi connectivity index (χ2n) is 1.84. The SMILES string of the molecule is CC=O.NC(=O)c1cccnc1. The van der Waals surface area contributed by atoms with Crippen molar-refractivity contribution in [2.45, 2.75) is 6.92 Å². The van der Waals surface area contributed by atoms with Gasteiger partial charge < -0.3 is 10.5 Å². The largest absolute Gasteiger partial charge is 0.366 e. The zero-order valence-electron chi connectivity index (χ0n) is 6.73. The number of carbonyl (C=O) groups excluding carboxylic acids is 2. The van der Waals surface area contributed by atoms with Crippen LogP contribution in [0.3, 0.4) is 0 Å². The molecule has 1 heterocycles. The fraction of sp³-hybridized carbons (Fsp3) is 0.125. The average Bonchev–Trinajstić information content (AvgIpc) is 2.07. The van der Waals surface area contributed by atoms with Crippen molar-refractivity contribution in [3.05, 3.63) is 30.1 Å². The maximum atomic E-state index is 10.4. The first-order valence-corrected chi connectivity index (χ1v) is 3.32. The Morgan fingerprint density at radius 3 is 2.50 bits per heavy atom. The van der Waals surface area contributed by atoms with Gasteiger partial charge in [0.15, 0.2) is 0 Å². The van der Waals surface area contributed by atoms with Crippen LogP contribution in [0.2, 0.25) is 0 Å². The van der Waals surface area contributed by atoms with Gasteiger partial charge in [0, 0.05) is 12.4 Å². The molecule has 1 amide bonds. The number of hydrogen-bond acceptors (Lipinski definition) is 3. The van der Waals surface area contributed by atoms with Gasteiger partial charge in [0.05, 0.1) is 5.56 Å². The van der Waals surface area contributed by atoms with Crippen LogP contribution < -0.4 is 5.73 Å². The van der Waals surface area contributed by atoms with Gasteiger partial charge in [0.1, 0.15) is 6.29 Å². The molecule has 0 spiro atoms. The molecule has 0 bridgehead atoms. The van der Waals surface area contributed by atoms with E-state index < -0.39 is 5.91 Å². The van der Waals surface area contributed by atoms with E-state index in [4.69, 9.17) is 10.5 Å². The van der Waals surface area contributed by atoms with Gasteiger partial charge in [-0.3, -0.25) is 9.78 Å². The Hall–Kier alpha value is -1.71. The van der Waals surface area contributed by atoms with Crippen molar-refractivity contribution in [2.75, 3.05) is 0 Å². The van der Waals surface area contributed by atoms with Gasteiger partial charge in [-0.1, -0.05) is 0 Å². The Balaban J connectivity index is 0.000000354. The summed E-state index contributed by atoms with van der Waals surface area (Å²) in [5.41, 5.74) is 5.38. The number of nitrogens with zero attached hydrogens (tertiary/aromatic N) is 1. The molecule has 0 aliphatic rings. The molecule has 4 nitrogen and oxygen atoms in total. The van der Waals surface area contributed by atoms with Crippen molar-refractivity contribution in [1.82, 2.24) is 4.98 Å². The van der Waals surface area contributed by atoms with Crippen LogP contribution in [0.4, 0.5) is 0 Å². The number of amides is 1. The van der Waals surface area contributed by atoms with Gasteiger partial charge in [-0.05, 0) is 19.1 Å². The third kappa shape index (κ3) is 4.16. The summed E-state index contributed by atoms with van der Waals surface area (Å²) in [5.74, 6) is -0.442. The molecule has 1 rings (SSSR count). The molecule has 2 N–H and O–H groups in total. The lowest BCUT2D eigenvalue weighted by molar-refractivity contribution is -0.106. The normalized spacial score (nSPS) is 7.75. The lowest BCUT2D eigenvalue weighted by Crippen LogP contribution is -2.10. The molecule has 1 aromatic rings. The van der Waals surface area contributed by atoms with Crippen LogP contribution in [-0.2, 0) is 4.79 Å². The van der Waals surface area contributed by atoms with Gasteiger partial charge in [-0.15, -0.1) is 0 Å². The van der Waals surface area contributed by atoms with Crippen molar-refractivity contribution >= 4 is 12.2 Å². The lowest BCUT2D eigenvalue weighted by atomic mass is 10.3. The highest BCUT2D eigenvalue weighted by Gasteiger charge is 1.94. The molecule has 0 aliphatic heterocycles. The number of primary amides is 1. The monoisotopic (exact) mass is 166 g/mol. The maximum Gasteiger partial charge on any atom is 0.250 e. The van der Waals surface area contributed by atoms with Crippen LogP contribution in [0, 0.1) is 0 Å². The minimum Gasteiger partial charge on any atom is -0.366 e. The van der Waals surface area contributed by atoms with E-state index >= 15 is 0 Å². The van der Waals surface area contributed by atoms with E-state index in [1.54, 1.807) is 18.3 Å². The molecule has 0 radical (unpaired) electrons. The number of carbonyl (C=O) groups is 2. The van der Waals surface area contributed by atoms with E-state index in [1.165, 1.54) is 13.1 Å². The molecule has 0 atom stereocenters. The van der Waals surface area contributed by atoms with Crippen molar-refractivity contribution in [2.24, 2.45) is 5.73 Å². The summed E-state index contributed by atoms with van der Waals surface area (Å²) in [6.45, 7) is 1.44. The summed E-state index contributed by atoms with van der Waals surface area (Å²) in [4.78, 5) is 22.9. The minimum atomic E-state index is -0.442. The smallest absolute Gasteiger partial charge is 0.250 e. The number of hydrogen-bond donors (Lipinski definition) is 1. The summed E-state index contributed by atoms with van der Waals surface area (Å²) < 4.78 is 0. The molecule has 1 aromatic heterocycles. The highest BCUT2D eigenvalue weighted by atomic mass is 16.1. The Morgan fingerprint density at radius 2 is 2.25 bits per heavy atom. The lowest BCUT2D eigenvalue weighted by Gasteiger charge is -1.88. The molecular weight excluding hydrogens is 156 g/mol. The molecule has 4 heteroatoms. The Kier molecular flexibility index (Phi) is 5.17. The fourth-order valence-corrected chi connectivity index (χ4v) is 0.509. The third-order valence-electron chi connectivity index (χ3n) is 0.946. The Morgan fingerprint density at radius 1 is 1.67 bits per heavy atom. The van der Waals surface area contributed by atoms with Crippen LogP contribution in [-0.4, -0.2) is 17.2 Å². The van der Waals surface area contributed by atoms with Crippen LogP contribution in [0.1, 0.15) is 17.3 Å². The second-order valence-corrected chi connectivity index (χ2v) is 1.84. The molecule has 12 heavy (non-hydrogen) atoms. The van der Waals surface area contributed by atoms with Gasteiger partial charge in [-0.2, -0.15) is 0 Å². The van der Waals surface area contributed by atoms with Gasteiger partial charge >= 0.3 is 0 Å². The summed E-state index contributed by atoms with van der Waals surface area (Å²) in [7, 11) is 0. The molecule has 0 fully saturated rings. The highest BCUT2D eigenvalue weighted by molar-refractivity contribution is 5.92. The number of aromatic nitrogens is 1. The van der Waals surface area contributed by atoms with E-state index in [0.717, 1.165) is 6.29 Å². The van der Waals surface area contributed by atoms with Crippen molar-refractivity contribution in [3.8, 4) is 0 Å². The summed E-state index contributed by atoms with van der Waals surface area (Å²) >= 11 is 0. The number of aldehydes is 1. The molecule has 64 valence electrons. The number of pyridine rings is 1. The van der Waals surface area contributed by atoms with Crippen LogP contribution in [0.25, 0.3) is 0 Å². The van der Waals surface area contributed by atoms with E-state index in [9.17, 15) is 4.79 Å². The van der Waals surface area contributed by atoms with Crippen molar-refractivity contribution in [1.29, 1.82) is 0 Å². The van der Waals surface area contributed by atoms with E-state index in [0.29, 0.717) is 5.56 Å². The quantitative estimate of drug-likeness (QED) is 0.613. The standard InChI is InChI=1S/C6H6N2O.C2H4O/c7-6(9)5-2-1-3-8-4-5;1-2-3/h1-4H,(H2,7,9);2H,1H3. The molecule has 0 aromatic carbocycles. The molecular formula is C8H10N2O2. The van der Waals surface area contributed by atoms with Gasteiger partial charge in [-0.25, -0.2) is 0 Å². The van der Waals surface area contributed by atoms with Crippen molar-refractivity contribution in [3.63, 3.8) is 0 Å². The zero-order chi connectivity index (χ0) is 9.40. The average molecular weight is 166 g/mol. The summed E-state index contributed by atoms with van der Waals surface area (Å²) in [6.07, 6.45) is 3.77. The zero-order valence-corrected chi connectivity index (χ0v) is 6.73. The first kappa shape index (κ1) is 10.3. The van der Waals surface area contributed by atoms with Crippen LogP contribution >= 0.6 is 0 Å². The van der Waals surface area contributed by atoms with Crippen LogP contribution in [0.5, 0.6) is 0 Å². The molecule has 0 aliphatic carbocycles. The third-order valence-corrected chi connectivity index (χ3v) is 0.946. The summed E-state index contributed by atoms with van der Waals surface area (Å²) in [5, 5.41) is 0. The Bertz CT molecular complexity index is 246. The number of nitrogens with two attached hydrogens (primary N) is 1. The predicted molar refractivity (Wildman–Crippen MR) is 44.5 cm³/mol. The predicted octanol–water partition coefficient (Wildman–Crippen LogP) is 0.386. The van der Waals surface area contributed by atoms with E-state index in [2.05, 4.69) is 4.98 Å².